The molecule has 196 valence electrons. The van der Waals surface area contributed by atoms with E-state index in [-0.39, 0.29) is 23.4 Å². The van der Waals surface area contributed by atoms with Gasteiger partial charge in [0.25, 0.3) is 0 Å². The highest BCUT2D eigenvalue weighted by Crippen LogP contribution is 2.39. The van der Waals surface area contributed by atoms with Crippen molar-refractivity contribution in [2.75, 3.05) is 31.2 Å². The second kappa shape index (κ2) is 9.67. The van der Waals surface area contributed by atoms with Crippen molar-refractivity contribution in [3.8, 4) is 22.9 Å². The van der Waals surface area contributed by atoms with Crippen LogP contribution in [-0.2, 0) is 4.74 Å². The molecule has 3 fully saturated rings. The van der Waals surface area contributed by atoms with Crippen molar-refractivity contribution in [1.29, 1.82) is 0 Å². The van der Waals surface area contributed by atoms with Gasteiger partial charge in [0.2, 0.25) is 0 Å². The van der Waals surface area contributed by atoms with Gasteiger partial charge in [0.05, 0.1) is 6.10 Å². The fourth-order valence-corrected chi connectivity index (χ4v) is 6.23. The van der Waals surface area contributed by atoms with E-state index >= 15 is 4.39 Å². The van der Waals surface area contributed by atoms with Gasteiger partial charge in [-0.1, -0.05) is 30.3 Å². The van der Waals surface area contributed by atoms with Gasteiger partial charge in [0.1, 0.15) is 23.7 Å². The summed E-state index contributed by atoms with van der Waals surface area (Å²) in [4.78, 5) is 11.6. The molecule has 3 saturated heterocycles. The number of ether oxygens (including phenoxy) is 2. The third-order valence-electron chi connectivity index (χ3n) is 8.09. The van der Waals surface area contributed by atoms with Crippen molar-refractivity contribution in [2.24, 2.45) is 0 Å². The molecule has 1 aromatic heterocycles. The molecule has 4 heterocycles. The van der Waals surface area contributed by atoms with Gasteiger partial charge in [-0.05, 0) is 66.6 Å². The Balaban J connectivity index is 1.34. The van der Waals surface area contributed by atoms with E-state index in [1.165, 1.54) is 0 Å². The summed E-state index contributed by atoms with van der Waals surface area (Å²) >= 11 is 0. The zero-order valence-corrected chi connectivity index (χ0v) is 21.2. The Hall–Kier alpha value is -3.49. The summed E-state index contributed by atoms with van der Waals surface area (Å²) < 4.78 is 28.3. The third-order valence-corrected chi connectivity index (χ3v) is 8.09. The minimum atomic E-state index is -0.446. The molecule has 7 rings (SSSR count). The molecule has 3 aliphatic rings. The summed E-state index contributed by atoms with van der Waals surface area (Å²) in [6, 6.07) is 15.6. The Morgan fingerprint density at radius 2 is 1.82 bits per heavy atom. The number of phenols is 1. The Morgan fingerprint density at radius 3 is 2.63 bits per heavy atom. The monoisotopic (exact) mass is 514 g/mol. The molecule has 3 aromatic carbocycles. The number of nitrogens with one attached hydrogen (secondary N) is 1. The average molecular weight is 515 g/mol. The summed E-state index contributed by atoms with van der Waals surface area (Å²) in [5.41, 5.74) is 1.24. The first-order valence-corrected chi connectivity index (χ1v) is 13.6. The molecule has 0 spiro atoms. The van der Waals surface area contributed by atoms with E-state index < -0.39 is 5.82 Å². The molecule has 4 aromatic rings. The van der Waals surface area contributed by atoms with E-state index in [1.807, 2.05) is 30.3 Å². The SMILES string of the molecule is Oc1cc(-c2ccc3c(N4C[C@H]5CC[C@@H](C4)N5)nc(OCC4CCCCO4)nc3c2F)c2ccccc2c1. The van der Waals surface area contributed by atoms with Crippen LogP contribution in [0.25, 0.3) is 32.8 Å². The molecule has 0 radical (unpaired) electrons. The predicted molar refractivity (Wildman–Crippen MR) is 145 cm³/mol. The van der Waals surface area contributed by atoms with Gasteiger partial charge in [-0.3, -0.25) is 0 Å². The normalized spacial score (nSPS) is 23.3. The molecule has 2 bridgehead atoms. The van der Waals surface area contributed by atoms with Crippen LogP contribution in [-0.4, -0.2) is 59.6 Å². The van der Waals surface area contributed by atoms with Crippen molar-refractivity contribution in [1.82, 2.24) is 15.3 Å². The highest BCUT2D eigenvalue weighted by Gasteiger charge is 2.34. The van der Waals surface area contributed by atoms with Crippen LogP contribution in [0.2, 0.25) is 0 Å². The smallest absolute Gasteiger partial charge is 0.319 e. The summed E-state index contributed by atoms with van der Waals surface area (Å²) in [6.45, 7) is 2.70. The number of aromatic hydroxyl groups is 1. The van der Waals surface area contributed by atoms with E-state index in [0.717, 1.165) is 62.6 Å². The van der Waals surface area contributed by atoms with Crippen LogP contribution >= 0.6 is 0 Å². The zero-order valence-electron chi connectivity index (χ0n) is 21.2. The second-order valence-electron chi connectivity index (χ2n) is 10.7. The number of rotatable bonds is 5. The summed E-state index contributed by atoms with van der Waals surface area (Å²) in [6.07, 6.45) is 5.38. The zero-order chi connectivity index (χ0) is 25.6. The molecule has 7 nitrogen and oxygen atoms in total. The van der Waals surface area contributed by atoms with Gasteiger partial charge >= 0.3 is 6.01 Å². The fraction of sp³-hybridized carbons (Fsp3) is 0.400. The standard InChI is InChI=1S/C30H31FN4O3/c31-27-24(26-14-21(36)13-18-5-1-2-7-23(18)26)10-11-25-28(27)33-30(38-17-22-6-3-4-12-37-22)34-29(25)35-15-19-8-9-20(16-35)32-19/h1-2,5,7,10-11,13-14,19-20,22,32,36H,3-4,6,8-9,12,15-17H2/t19-,20+,22?. The van der Waals surface area contributed by atoms with E-state index in [2.05, 4.69) is 15.2 Å². The van der Waals surface area contributed by atoms with Crippen LogP contribution in [0.1, 0.15) is 32.1 Å². The summed E-state index contributed by atoms with van der Waals surface area (Å²) in [5.74, 6) is 0.354. The molecule has 2 N–H and O–H groups in total. The molecule has 38 heavy (non-hydrogen) atoms. The van der Waals surface area contributed by atoms with E-state index in [1.54, 1.807) is 18.2 Å². The van der Waals surface area contributed by atoms with Gasteiger partial charge in [0.15, 0.2) is 5.82 Å². The molecule has 0 saturated carbocycles. The lowest BCUT2D eigenvalue weighted by Gasteiger charge is -2.34. The Bertz CT molecular complexity index is 1490. The highest BCUT2D eigenvalue weighted by molar-refractivity contribution is 6.01. The number of halogens is 1. The summed E-state index contributed by atoms with van der Waals surface area (Å²) in [5, 5.41) is 16.4. The second-order valence-corrected chi connectivity index (χ2v) is 10.7. The van der Waals surface area contributed by atoms with Crippen molar-refractivity contribution < 1.29 is 19.0 Å². The first kappa shape index (κ1) is 23.6. The van der Waals surface area contributed by atoms with Gasteiger partial charge in [-0.2, -0.15) is 9.97 Å². The van der Waals surface area contributed by atoms with Crippen LogP contribution in [0.15, 0.2) is 48.5 Å². The first-order chi connectivity index (χ1) is 18.6. The quantitative estimate of drug-likeness (QED) is 0.380. The molecule has 3 aliphatic heterocycles. The summed E-state index contributed by atoms with van der Waals surface area (Å²) in [7, 11) is 0. The van der Waals surface area contributed by atoms with Crippen LogP contribution in [0.5, 0.6) is 11.8 Å². The Labute approximate surface area is 220 Å². The molecule has 3 atom stereocenters. The van der Waals surface area contributed by atoms with E-state index in [4.69, 9.17) is 14.5 Å². The fourth-order valence-electron chi connectivity index (χ4n) is 6.23. The maximum atomic E-state index is 16.4. The number of hydrogen-bond donors (Lipinski definition) is 2. The Morgan fingerprint density at radius 1 is 0.974 bits per heavy atom. The molecule has 0 amide bonds. The number of aromatic nitrogens is 2. The maximum Gasteiger partial charge on any atom is 0.319 e. The van der Waals surface area contributed by atoms with Crippen molar-refractivity contribution in [3.05, 3.63) is 54.3 Å². The first-order valence-electron chi connectivity index (χ1n) is 13.6. The van der Waals surface area contributed by atoms with Gasteiger partial charge in [0, 0.05) is 42.7 Å². The molecular formula is C30H31FN4O3. The van der Waals surface area contributed by atoms with Crippen molar-refractivity contribution in [3.63, 3.8) is 0 Å². The minimum Gasteiger partial charge on any atom is -0.508 e. The van der Waals surface area contributed by atoms with E-state index in [0.29, 0.717) is 41.0 Å². The van der Waals surface area contributed by atoms with Crippen LogP contribution in [0.3, 0.4) is 0 Å². The van der Waals surface area contributed by atoms with E-state index in [9.17, 15) is 5.11 Å². The van der Waals surface area contributed by atoms with Gasteiger partial charge in [-0.15, -0.1) is 0 Å². The maximum absolute atomic E-state index is 16.4. The number of nitrogens with zero attached hydrogens (tertiary/aromatic N) is 3. The predicted octanol–water partition coefficient (Wildman–Crippen LogP) is 5.18. The van der Waals surface area contributed by atoms with Crippen LogP contribution < -0.4 is 15.0 Å². The molecule has 8 heteroatoms. The number of fused-ring (bicyclic) bond motifs is 4. The van der Waals surface area contributed by atoms with Crippen molar-refractivity contribution in [2.45, 2.75) is 50.3 Å². The number of piperazine rings is 1. The van der Waals surface area contributed by atoms with Gasteiger partial charge < -0.3 is 24.8 Å². The molecule has 0 aliphatic carbocycles. The Kier molecular flexibility index (Phi) is 6.01. The minimum absolute atomic E-state index is 0.00336. The van der Waals surface area contributed by atoms with Crippen LogP contribution in [0, 0.1) is 5.82 Å². The van der Waals surface area contributed by atoms with Crippen LogP contribution in [0.4, 0.5) is 10.2 Å². The lowest BCUT2D eigenvalue weighted by molar-refractivity contribution is -0.0128. The lowest BCUT2D eigenvalue weighted by atomic mass is 9.96. The topological polar surface area (TPSA) is 79.7 Å². The third kappa shape index (κ3) is 4.31. The average Bonchev–Trinajstić information content (AvgIpc) is 3.29. The number of benzene rings is 3. The molecule has 1 unspecified atom stereocenters. The van der Waals surface area contributed by atoms with Gasteiger partial charge in [-0.25, -0.2) is 4.39 Å². The lowest BCUT2D eigenvalue weighted by Crippen LogP contribution is -2.51. The molecular weight excluding hydrogens is 483 g/mol. The number of hydrogen-bond acceptors (Lipinski definition) is 7. The number of phenolic OH excluding ortho intramolecular Hbond substituents is 1. The highest BCUT2D eigenvalue weighted by atomic mass is 19.1. The largest absolute Gasteiger partial charge is 0.508 e. The number of anilines is 1. The van der Waals surface area contributed by atoms with Crippen molar-refractivity contribution >= 4 is 27.5 Å².